The summed E-state index contributed by atoms with van der Waals surface area (Å²) in [7, 11) is 0. The quantitative estimate of drug-likeness (QED) is 0.561. The molecule has 2 rings (SSSR count). The Kier molecular flexibility index (Phi) is 6.13. The largest absolute Gasteiger partial charge is 0.444 e. The number of nitrogens with zero attached hydrogens (tertiary/aromatic N) is 1. The zero-order valence-electron chi connectivity index (χ0n) is 16.9. The van der Waals surface area contributed by atoms with E-state index in [-0.39, 0.29) is 5.96 Å². The van der Waals surface area contributed by atoms with Gasteiger partial charge in [0, 0.05) is 5.69 Å². The molecule has 2 amide bonds. The fourth-order valence-electron chi connectivity index (χ4n) is 2.65. The maximum Gasteiger partial charge on any atom is 0.437 e. The van der Waals surface area contributed by atoms with E-state index in [2.05, 4.69) is 15.6 Å². The molecule has 7 nitrogen and oxygen atoms in total. The van der Waals surface area contributed by atoms with E-state index in [9.17, 15) is 9.59 Å². The van der Waals surface area contributed by atoms with Gasteiger partial charge in [0.2, 0.25) is 5.96 Å². The van der Waals surface area contributed by atoms with Gasteiger partial charge in [0.05, 0.1) is 0 Å². The molecule has 1 aliphatic rings. The van der Waals surface area contributed by atoms with Crippen LogP contribution in [0.2, 0.25) is 0 Å². The minimum atomic E-state index is -0.804. The number of hydrogen-bond donors (Lipinski definition) is 2. The van der Waals surface area contributed by atoms with Crippen LogP contribution in [0.5, 0.6) is 0 Å². The Morgan fingerprint density at radius 3 is 2.22 bits per heavy atom. The molecular formula is C20H29N3O4. The van der Waals surface area contributed by atoms with E-state index in [4.69, 9.17) is 9.47 Å². The van der Waals surface area contributed by atoms with Crippen molar-refractivity contribution >= 4 is 23.8 Å². The second kappa shape index (κ2) is 7.98. The number of carbonyl (C=O) groups is 2. The van der Waals surface area contributed by atoms with E-state index in [1.54, 1.807) is 41.5 Å². The summed E-state index contributed by atoms with van der Waals surface area (Å²) in [6.07, 6.45) is 1.71. The third kappa shape index (κ3) is 7.29. The topological polar surface area (TPSA) is 89.0 Å². The Hall–Kier alpha value is -2.57. The SMILES string of the molecule is CC(C)(C)OC(=O)/N=C(\NC(=O)OC(C)(C)C)Nc1ccc2c(c1)CCC2. The monoisotopic (exact) mass is 375 g/mol. The smallest absolute Gasteiger partial charge is 0.437 e. The van der Waals surface area contributed by atoms with Crippen molar-refractivity contribution in [3.05, 3.63) is 29.3 Å². The van der Waals surface area contributed by atoms with Crippen molar-refractivity contribution in [2.75, 3.05) is 5.32 Å². The molecule has 0 aromatic heterocycles. The molecule has 1 aromatic carbocycles. The van der Waals surface area contributed by atoms with Crippen molar-refractivity contribution in [3.63, 3.8) is 0 Å². The first-order chi connectivity index (χ1) is 12.4. The molecule has 0 heterocycles. The number of fused-ring (bicyclic) bond motifs is 1. The van der Waals surface area contributed by atoms with Crippen LogP contribution in [0.1, 0.15) is 59.1 Å². The fraction of sp³-hybridized carbons (Fsp3) is 0.550. The fourth-order valence-corrected chi connectivity index (χ4v) is 2.65. The minimum absolute atomic E-state index is 0.0450. The predicted molar refractivity (Wildman–Crippen MR) is 105 cm³/mol. The number of rotatable bonds is 1. The summed E-state index contributed by atoms with van der Waals surface area (Å²) in [6.45, 7) is 10.5. The van der Waals surface area contributed by atoms with Gasteiger partial charge >= 0.3 is 12.2 Å². The summed E-state index contributed by atoms with van der Waals surface area (Å²) < 4.78 is 10.4. The Balaban J connectivity index is 2.18. The molecule has 2 N–H and O–H groups in total. The highest BCUT2D eigenvalue weighted by Crippen LogP contribution is 2.24. The van der Waals surface area contributed by atoms with Gasteiger partial charge in [-0.15, -0.1) is 4.99 Å². The molecule has 1 aromatic rings. The number of guanidine groups is 1. The Bertz CT molecular complexity index is 743. The van der Waals surface area contributed by atoms with Gasteiger partial charge in [0.1, 0.15) is 11.2 Å². The number of carbonyl (C=O) groups excluding carboxylic acids is 2. The van der Waals surface area contributed by atoms with Crippen LogP contribution >= 0.6 is 0 Å². The van der Waals surface area contributed by atoms with Gasteiger partial charge < -0.3 is 14.8 Å². The van der Waals surface area contributed by atoms with Crippen molar-refractivity contribution in [1.29, 1.82) is 0 Å². The normalized spacial score (nSPS) is 14.4. The third-order valence-electron chi connectivity index (χ3n) is 3.58. The van der Waals surface area contributed by atoms with E-state index in [1.807, 2.05) is 18.2 Å². The highest BCUT2D eigenvalue weighted by molar-refractivity contribution is 6.06. The van der Waals surface area contributed by atoms with Crippen LogP contribution in [0.15, 0.2) is 23.2 Å². The molecule has 0 fully saturated rings. The molecule has 0 saturated carbocycles. The number of alkyl carbamates (subject to hydrolysis) is 1. The first-order valence-corrected chi connectivity index (χ1v) is 9.12. The lowest BCUT2D eigenvalue weighted by Crippen LogP contribution is -2.40. The molecule has 0 atom stereocenters. The molecule has 27 heavy (non-hydrogen) atoms. The summed E-state index contributed by atoms with van der Waals surface area (Å²) >= 11 is 0. The van der Waals surface area contributed by atoms with Gasteiger partial charge in [0.25, 0.3) is 0 Å². The number of nitrogens with one attached hydrogen (secondary N) is 2. The summed E-state index contributed by atoms with van der Waals surface area (Å²) in [6, 6.07) is 5.94. The lowest BCUT2D eigenvalue weighted by molar-refractivity contribution is 0.0562. The average molecular weight is 375 g/mol. The summed E-state index contributed by atoms with van der Waals surface area (Å²) in [4.78, 5) is 28.0. The molecule has 0 unspecified atom stereocenters. The molecule has 1 aliphatic carbocycles. The minimum Gasteiger partial charge on any atom is -0.444 e. The van der Waals surface area contributed by atoms with Crippen LogP contribution in [-0.2, 0) is 22.3 Å². The highest BCUT2D eigenvalue weighted by atomic mass is 16.6. The third-order valence-corrected chi connectivity index (χ3v) is 3.58. The van der Waals surface area contributed by atoms with Gasteiger partial charge in [-0.3, -0.25) is 5.32 Å². The first kappa shape index (κ1) is 20.7. The number of amides is 2. The van der Waals surface area contributed by atoms with Gasteiger partial charge in [-0.2, -0.15) is 0 Å². The number of anilines is 1. The number of aliphatic imine (C=N–C) groups is 1. The van der Waals surface area contributed by atoms with Crippen molar-refractivity contribution in [2.24, 2.45) is 4.99 Å². The zero-order chi connectivity index (χ0) is 20.2. The number of aryl methyl sites for hydroxylation is 2. The molecular weight excluding hydrogens is 346 g/mol. The molecule has 0 saturated heterocycles. The van der Waals surface area contributed by atoms with E-state index in [0.29, 0.717) is 0 Å². The van der Waals surface area contributed by atoms with E-state index >= 15 is 0 Å². The molecule has 0 radical (unpaired) electrons. The average Bonchev–Trinajstić information content (AvgIpc) is 2.90. The Labute approximate surface area is 160 Å². The lowest BCUT2D eigenvalue weighted by Gasteiger charge is -2.21. The maximum absolute atomic E-state index is 12.1. The van der Waals surface area contributed by atoms with Crippen LogP contribution in [0.3, 0.4) is 0 Å². The summed E-state index contributed by atoms with van der Waals surface area (Å²) in [5, 5.41) is 5.46. The molecule has 7 heteroatoms. The number of benzene rings is 1. The maximum atomic E-state index is 12.1. The Morgan fingerprint density at radius 2 is 1.59 bits per heavy atom. The number of ether oxygens (including phenoxy) is 2. The van der Waals surface area contributed by atoms with Crippen molar-refractivity contribution in [2.45, 2.75) is 72.0 Å². The van der Waals surface area contributed by atoms with E-state index in [0.717, 1.165) is 24.9 Å². The molecule has 148 valence electrons. The van der Waals surface area contributed by atoms with E-state index in [1.165, 1.54) is 11.1 Å². The zero-order valence-corrected chi connectivity index (χ0v) is 16.9. The second-order valence-electron chi connectivity index (χ2n) is 8.53. The highest BCUT2D eigenvalue weighted by Gasteiger charge is 2.21. The van der Waals surface area contributed by atoms with Crippen molar-refractivity contribution < 1.29 is 19.1 Å². The second-order valence-corrected chi connectivity index (χ2v) is 8.53. The first-order valence-electron chi connectivity index (χ1n) is 9.12. The van der Waals surface area contributed by atoms with Gasteiger partial charge in [-0.1, -0.05) is 6.07 Å². The van der Waals surface area contributed by atoms with Crippen LogP contribution in [-0.4, -0.2) is 29.3 Å². The van der Waals surface area contributed by atoms with Crippen molar-refractivity contribution in [3.8, 4) is 0 Å². The standard InChI is InChI=1S/C20H29N3O4/c1-19(2,3)26-17(24)22-16(23-18(25)27-20(4,5)6)21-15-11-10-13-8-7-9-14(13)12-15/h10-12H,7-9H2,1-6H3,(H2,21,22,23,24,25). The van der Waals surface area contributed by atoms with Crippen LogP contribution in [0, 0.1) is 0 Å². The predicted octanol–water partition coefficient (Wildman–Crippen LogP) is 4.40. The van der Waals surface area contributed by atoms with Crippen LogP contribution in [0.4, 0.5) is 15.3 Å². The summed E-state index contributed by atoms with van der Waals surface area (Å²) in [5.74, 6) is -0.0450. The molecule has 0 aliphatic heterocycles. The van der Waals surface area contributed by atoms with Gasteiger partial charge in [-0.25, -0.2) is 9.59 Å². The molecule has 0 bridgehead atoms. The summed E-state index contributed by atoms with van der Waals surface area (Å²) in [5.41, 5.74) is 1.95. The van der Waals surface area contributed by atoms with Crippen LogP contribution in [0.25, 0.3) is 0 Å². The van der Waals surface area contributed by atoms with Gasteiger partial charge in [0.15, 0.2) is 0 Å². The van der Waals surface area contributed by atoms with Crippen molar-refractivity contribution in [1.82, 2.24) is 5.32 Å². The lowest BCUT2D eigenvalue weighted by atomic mass is 10.1. The number of hydrogen-bond acceptors (Lipinski definition) is 4. The van der Waals surface area contributed by atoms with Crippen LogP contribution < -0.4 is 10.6 Å². The van der Waals surface area contributed by atoms with Gasteiger partial charge in [-0.05, 0) is 84.1 Å². The Morgan fingerprint density at radius 1 is 0.963 bits per heavy atom. The molecule has 0 spiro atoms. The van der Waals surface area contributed by atoms with E-state index < -0.39 is 23.4 Å².